The number of amides is 2. The minimum Gasteiger partial charge on any atom is -0.497 e. The van der Waals surface area contributed by atoms with Gasteiger partial charge in [0.2, 0.25) is 5.90 Å². The van der Waals surface area contributed by atoms with Gasteiger partial charge in [-0.1, -0.05) is 42.5 Å². The number of ether oxygens (including phenoxy) is 3. The average molecular weight is 700 g/mol. The second-order valence-corrected chi connectivity index (χ2v) is 12.9. The normalized spacial score (nSPS) is 15.0. The lowest BCUT2D eigenvalue weighted by atomic mass is 9.99. The molecule has 5 rings (SSSR count). The number of nitrogens with one attached hydrogen (secondary N) is 2. The van der Waals surface area contributed by atoms with Crippen LogP contribution in [-0.4, -0.2) is 91.3 Å². The molecule has 1 aliphatic rings. The number of hydrogen-bond donors (Lipinski definition) is 3. The Kier molecular flexibility index (Phi) is 12.3. The van der Waals surface area contributed by atoms with Crippen LogP contribution in [0.4, 0.5) is 0 Å². The zero-order valence-electron chi connectivity index (χ0n) is 28.4. The van der Waals surface area contributed by atoms with Crippen molar-refractivity contribution in [1.29, 1.82) is 0 Å². The first kappa shape index (κ1) is 36.2. The average Bonchev–Trinajstić information content (AvgIpc) is 3.80. The van der Waals surface area contributed by atoms with Crippen LogP contribution in [0.1, 0.15) is 48.1 Å². The molecule has 2 amide bonds. The van der Waals surface area contributed by atoms with Crippen LogP contribution in [0.2, 0.25) is 0 Å². The predicted octanol–water partition coefficient (Wildman–Crippen LogP) is 3.54. The summed E-state index contributed by atoms with van der Waals surface area (Å²) >= 11 is 1.46. The SMILES string of the molecule is COC(=O)C1COC(c2cc(C(=O)N[C@@H](Cc3ccccc3)[C@@H](O)CNCc3cccc(OC)c3)cc(C(=O)N(C)Cc3nc(C)cs3)c2)=N1. The molecule has 0 aliphatic carbocycles. The van der Waals surface area contributed by atoms with Crippen LogP contribution < -0.4 is 15.4 Å². The molecule has 0 saturated heterocycles. The van der Waals surface area contributed by atoms with Crippen molar-refractivity contribution in [2.24, 2.45) is 4.99 Å². The molecule has 0 fully saturated rings. The van der Waals surface area contributed by atoms with E-state index in [-0.39, 0.29) is 42.6 Å². The molecule has 1 aromatic heterocycles. The number of hydrogen-bond acceptors (Lipinski definition) is 11. The topological polar surface area (TPSA) is 152 Å². The van der Waals surface area contributed by atoms with Crippen molar-refractivity contribution < 1.29 is 33.7 Å². The lowest BCUT2D eigenvalue weighted by Gasteiger charge is -2.25. The highest BCUT2D eigenvalue weighted by Crippen LogP contribution is 2.21. The molecule has 0 spiro atoms. The summed E-state index contributed by atoms with van der Waals surface area (Å²) < 4.78 is 15.9. The number of rotatable bonds is 15. The first-order valence-corrected chi connectivity index (χ1v) is 17.0. The van der Waals surface area contributed by atoms with Crippen LogP contribution in [0.5, 0.6) is 5.75 Å². The number of aryl methyl sites for hydroxylation is 1. The van der Waals surface area contributed by atoms with Crippen LogP contribution in [0.25, 0.3) is 0 Å². The smallest absolute Gasteiger partial charge is 0.334 e. The first-order valence-electron chi connectivity index (χ1n) is 16.1. The van der Waals surface area contributed by atoms with Gasteiger partial charge in [-0.3, -0.25) is 9.59 Å². The molecule has 4 aromatic rings. The van der Waals surface area contributed by atoms with E-state index in [0.29, 0.717) is 18.5 Å². The Labute approximate surface area is 295 Å². The molecule has 0 radical (unpaired) electrons. The molecule has 2 heterocycles. The second-order valence-electron chi connectivity index (χ2n) is 11.9. The Morgan fingerprint density at radius 2 is 1.80 bits per heavy atom. The molecule has 262 valence electrons. The first-order chi connectivity index (χ1) is 24.1. The van der Waals surface area contributed by atoms with Crippen molar-refractivity contribution in [1.82, 2.24) is 20.5 Å². The van der Waals surface area contributed by atoms with E-state index < -0.39 is 30.1 Å². The molecule has 3 atom stereocenters. The number of methoxy groups -OCH3 is 2. The predicted molar refractivity (Wildman–Crippen MR) is 189 cm³/mol. The highest BCUT2D eigenvalue weighted by Gasteiger charge is 2.29. The molecule has 3 aromatic carbocycles. The number of carbonyl (C=O) groups excluding carboxylic acids is 3. The lowest BCUT2D eigenvalue weighted by Crippen LogP contribution is -2.48. The van der Waals surface area contributed by atoms with E-state index >= 15 is 0 Å². The monoisotopic (exact) mass is 699 g/mol. The summed E-state index contributed by atoms with van der Waals surface area (Å²) in [5, 5.41) is 20.3. The second kappa shape index (κ2) is 17.0. The zero-order chi connectivity index (χ0) is 35.6. The van der Waals surface area contributed by atoms with Gasteiger partial charge in [0.25, 0.3) is 11.8 Å². The van der Waals surface area contributed by atoms with E-state index in [1.807, 2.05) is 66.9 Å². The van der Waals surface area contributed by atoms with E-state index in [9.17, 15) is 19.5 Å². The van der Waals surface area contributed by atoms with Gasteiger partial charge in [0.05, 0.1) is 32.9 Å². The van der Waals surface area contributed by atoms with Gasteiger partial charge in [0.15, 0.2) is 6.04 Å². The largest absolute Gasteiger partial charge is 0.497 e. The summed E-state index contributed by atoms with van der Waals surface area (Å²) in [5.74, 6) is -0.556. The van der Waals surface area contributed by atoms with Gasteiger partial charge in [-0.2, -0.15) is 0 Å². The highest BCUT2D eigenvalue weighted by atomic mass is 32.1. The Bertz CT molecular complexity index is 1830. The fourth-order valence-electron chi connectivity index (χ4n) is 5.46. The number of aliphatic hydroxyl groups excluding tert-OH is 1. The van der Waals surface area contributed by atoms with Crippen LogP contribution in [0.3, 0.4) is 0 Å². The van der Waals surface area contributed by atoms with Crippen molar-refractivity contribution >= 4 is 35.0 Å². The van der Waals surface area contributed by atoms with Crippen molar-refractivity contribution in [2.75, 3.05) is 34.4 Å². The molecule has 0 saturated carbocycles. The van der Waals surface area contributed by atoms with E-state index in [1.54, 1.807) is 26.3 Å². The molecule has 50 heavy (non-hydrogen) atoms. The van der Waals surface area contributed by atoms with Crippen LogP contribution in [0.15, 0.2) is 83.2 Å². The van der Waals surface area contributed by atoms with Gasteiger partial charge < -0.3 is 34.9 Å². The Hall–Kier alpha value is -5.11. The van der Waals surface area contributed by atoms with E-state index in [0.717, 1.165) is 27.6 Å². The summed E-state index contributed by atoms with van der Waals surface area (Å²) in [7, 11) is 4.54. The zero-order valence-corrected chi connectivity index (χ0v) is 29.2. The number of nitrogens with zero attached hydrogens (tertiary/aromatic N) is 3. The number of benzene rings is 3. The van der Waals surface area contributed by atoms with Crippen molar-refractivity contribution in [3.63, 3.8) is 0 Å². The van der Waals surface area contributed by atoms with Gasteiger partial charge >= 0.3 is 5.97 Å². The van der Waals surface area contributed by atoms with Gasteiger partial charge in [0.1, 0.15) is 17.4 Å². The number of carbonyl (C=O) groups is 3. The molecule has 1 unspecified atom stereocenters. The number of thiazole rings is 1. The highest BCUT2D eigenvalue weighted by molar-refractivity contribution is 7.09. The standard InChI is InChI=1S/C37H41N5O7S/c1-23-22-50-33(39-23)20-42(2)36(45)28-16-26(15-27(17-28)35-41-31(21-49-35)37(46)48-4)34(44)40-30(14-24-9-6-5-7-10-24)32(43)19-38-18-25-11-8-12-29(13-25)47-3/h5-13,15-17,22,30-32,38,43H,14,18-21H2,1-4H3,(H,40,44)/t30-,31?,32-/m0/s1. The number of esters is 1. The molecule has 0 bridgehead atoms. The van der Waals surface area contributed by atoms with E-state index in [4.69, 9.17) is 14.2 Å². The summed E-state index contributed by atoms with van der Waals surface area (Å²) in [6.45, 7) is 2.81. The van der Waals surface area contributed by atoms with Crippen molar-refractivity contribution in [3.05, 3.63) is 117 Å². The van der Waals surface area contributed by atoms with E-state index in [2.05, 4.69) is 20.6 Å². The maximum atomic E-state index is 14.0. The maximum Gasteiger partial charge on any atom is 0.334 e. The number of aliphatic imine (C=N–C) groups is 1. The Morgan fingerprint density at radius 3 is 2.52 bits per heavy atom. The third-order valence-electron chi connectivity index (χ3n) is 8.10. The molecule has 1 aliphatic heterocycles. The van der Waals surface area contributed by atoms with Gasteiger partial charge in [-0.25, -0.2) is 14.8 Å². The van der Waals surface area contributed by atoms with Crippen LogP contribution in [0, 0.1) is 6.92 Å². The Balaban J connectivity index is 1.40. The summed E-state index contributed by atoms with van der Waals surface area (Å²) in [6, 6.07) is 20.3. The number of aliphatic hydroxyl groups is 1. The molecular weight excluding hydrogens is 659 g/mol. The maximum absolute atomic E-state index is 14.0. The molecular formula is C37H41N5O7S. The van der Waals surface area contributed by atoms with Gasteiger partial charge in [-0.05, 0) is 54.8 Å². The third kappa shape index (κ3) is 9.53. The third-order valence-corrected chi connectivity index (χ3v) is 9.05. The summed E-state index contributed by atoms with van der Waals surface area (Å²) in [4.78, 5) is 50.2. The van der Waals surface area contributed by atoms with Gasteiger partial charge in [-0.15, -0.1) is 11.3 Å². The summed E-state index contributed by atoms with van der Waals surface area (Å²) in [6.07, 6.45) is -0.613. The van der Waals surface area contributed by atoms with Crippen molar-refractivity contribution in [2.45, 2.75) is 44.6 Å². The quantitative estimate of drug-likeness (QED) is 0.158. The fraction of sp³-hybridized carbons (Fsp3) is 0.324. The Morgan fingerprint density at radius 1 is 1.04 bits per heavy atom. The van der Waals surface area contributed by atoms with Crippen molar-refractivity contribution in [3.8, 4) is 5.75 Å². The number of aromatic nitrogens is 1. The minimum absolute atomic E-state index is 0.0287. The molecule has 12 nitrogen and oxygen atoms in total. The van der Waals surface area contributed by atoms with Crippen LogP contribution in [-0.2, 0) is 33.8 Å². The molecule has 3 N–H and O–H groups in total. The van der Waals surface area contributed by atoms with E-state index in [1.165, 1.54) is 29.4 Å². The van der Waals surface area contributed by atoms with Crippen LogP contribution >= 0.6 is 11.3 Å². The lowest BCUT2D eigenvalue weighted by molar-refractivity contribution is -0.142. The fourth-order valence-corrected chi connectivity index (χ4v) is 6.28. The minimum atomic E-state index is -0.967. The van der Waals surface area contributed by atoms with Gasteiger partial charge in [0, 0.05) is 47.9 Å². The molecule has 13 heteroatoms. The summed E-state index contributed by atoms with van der Waals surface area (Å²) in [5.41, 5.74) is 3.51.